The van der Waals surface area contributed by atoms with E-state index < -0.39 is 0 Å². The van der Waals surface area contributed by atoms with Gasteiger partial charge in [0.05, 0.1) is 16.4 Å². The zero-order valence-corrected chi connectivity index (χ0v) is 11.7. The summed E-state index contributed by atoms with van der Waals surface area (Å²) >= 11 is 6.15. The molecule has 0 saturated heterocycles. The van der Waals surface area contributed by atoms with Crippen molar-refractivity contribution in [1.29, 1.82) is 0 Å². The summed E-state index contributed by atoms with van der Waals surface area (Å²) < 4.78 is 2.10. The zero-order chi connectivity index (χ0) is 13.2. The third-order valence-corrected chi connectivity index (χ3v) is 3.87. The van der Waals surface area contributed by atoms with E-state index in [0.29, 0.717) is 11.6 Å². The van der Waals surface area contributed by atoms with Crippen molar-refractivity contribution in [1.82, 2.24) is 19.9 Å². The Balaban J connectivity index is 2.02. The van der Waals surface area contributed by atoms with E-state index in [1.807, 2.05) is 25.5 Å². The predicted octanol–water partition coefficient (Wildman–Crippen LogP) is 2.52. The summed E-state index contributed by atoms with van der Waals surface area (Å²) in [5, 5.41) is 3.79. The highest BCUT2D eigenvalue weighted by Gasteiger charge is 2.17. The molecule has 0 amide bonds. The maximum atomic E-state index is 6.15. The molecule has 3 rings (SSSR count). The highest BCUT2D eigenvalue weighted by molar-refractivity contribution is 6.31. The summed E-state index contributed by atoms with van der Waals surface area (Å²) in [6.45, 7) is 0.670. The minimum atomic E-state index is 0.670. The summed E-state index contributed by atoms with van der Waals surface area (Å²) in [4.78, 5) is 9.15. The van der Waals surface area contributed by atoms with Crippen molar-refractivity contribution in [2.24, 2.45) is 0 Å². The van der Waals surface area contributed by atoms with E-state index >= 15 is 0 Å². The van der Waals surface area contributed by atoms with Crippen molar-refractivity contribution >= 4 is 11.6 Å². The fourth-order valence-corrected chi connectivity index (χ4v) is 2.74. The van der Waals surface area contributed by atoms with Crippen LogP contribution in [0.15, 0.2) is 18.5 Å². The first-order valence-corrected chi connectivity index (χ1v) is 7.03. The maximum absolute atomic E-state index is 6.15. The van der Waals surface area contributed by atoms with Crippen LogP contribution in [0.3, 0.4) is 0 Å². The van der Waals surface area contributed by atoms with Crippen molar-refractivity contribution in [3.05, 3.63) is 40.6 Å². The lowest BCUT2D eigenvalue weighted by atomic mass is 10.0. The molecule has 100 valence electrons. The minimum Gasteiger partial charge on any atom is -0.314 e. The molecule has 0 aliphatic heterocycles. The second kappa shape index (κ2) is 5.31. The number of fused-ring (bicyclic) bond motifs is 1. The standard InChI is InChI=1S/C14H17ClN4/c1-16-8-12-10(15)6-7-14(18-12)19-9-17-11-4-2-3-5-13(11)19/h6-7,9,16H,2-5,8H2,1H3. The van der Waals surface area contributed by atoms with Crippen LogP contribution >= 0.6 is 11.6 Å². The lowest BCUT2D eigenvalue weighted by Gasteiger charge is -2.14. The second-order valence-electron chi connectivity index (χ2n) is 4.84. The molecule has 1 aliphatic carbocycles. The molecule has 0 fully saturated rings. The van der Waals surface area contributed by atoms with Gasteiger partial charge in [-0.3, -0.25) is 4.57 Å². The number of nitrogens with zero attached hydrogens (tertiary/aromatic N) is 3. The Morgan fingerprint density at radius 3 is 3.00 bits per heavy atom. The lowest BCUT2D eigenvalue weighted by Crippen LogP contribution is -2.11. The van der Waals surface area contributed by atoms with Crippen LogP contribution in [0, 0.1) is 0 Å². The van der Waals surface area contributed by atoms with Crippen LogP contribution in [-0.4, -0.2) is 21.6 Å². The number of aromatic nitrogens is 3. The number of hydrogen-bond acceptors (Lipinski definition) is 3. The highest BCUT2D eigenvalue weighted by atomic mass is 35.5. The van der Waals surface area contributed by atoms with Gasteiger partial charge in [-0.2, -0.15) is 0 Å². The van der Waals surface area contributed by atoms with Crippen LogP contribution < -0.4 is 5.32 Å². The van der Waals surface area contributed by atoms with E-state index in [-0.39, 0.29) is 0 Å². The first-order valence-electron chi connectivity index (χ1n) is 6.65. The summed E-state index contributed by atoms with van der Waals surface area (Å²) in [5.74, 6) is 0.908. The van der Waals surface area contributed by atoms with Gasteiger partial charge in [0.1, 0.15) is 12.1 Å². The van der Waals surface area contributed by atoms with Crippen molar-refractivity contribution in [3.63, 3.8) is 0 Å². The Kier molecular flexibility index (Phi) is 3.53. The van der Waals surface area contributed by atoms with Crippen LogP contribution in [-0.2, 0) is 19.4 Å². The number of aryl methyl sites for hydroxylation is 1. The van der Waals surface area contributed by atoms with Crippen LogP contribution in [0.5, 0.6) is 0 Å². The average Bonchev–Trinajstić information content (AvgIpc) is 2.85. The number of hydrogen-bond donors (Lipinski definition) is 1. The van der Waals surface area contributed by atoms with Gasteiger partial charge in [0, 0.05) is 12.2 Å². The molecule has 0 bridgehead atoms. The van der Waals surface area contributed by atoms with E-state index in [9.17, 15) is 0 Å². The molecule has 0 radical (unpaired) electrons. The minimum absolute atomic E-state index is 0.670. The van der Waals surface area contributed by atoms with Crippen molar-refractivity contribution in [3.8, 4) is 5.82 Å². The molecular formula is C14H17ClN4. The molecule has 4 nitrogen and oxygen atoms in total. The number of halogens is 1. The third kappa shape index (κ3) is 2.38. The van der Waals surface area contributed by atoms with Crippen molar-refractivity contribution < 1.29 is 0 Å². The smallest absolute Gasteiger partial charge is 0.138 e. The Morgan fingerprint density at radius 2 is 2.16 bits per heavy atom. The zero-order valence-electron chi connectivity index (χ0n) is 11.0. The number of imidazole rings is 1. The molecular weight excluding hydrogens is 260 g/mol. The Labute approximate surface area is 117 Å². The number of pyridine rings is 1. The normalized spacial score (nSPS) is 14.4. The number of rotatable bonds is 3. The van der Waals surface area contributed by atoms with Crippen molar-refractivity contribution in [2.45, 2.75) is 32.2 Å². The van der Waals surface area contributed by atoms with Gasteiger partial charge in [-0.05, 0) is 44.9 Å². The van der Waals surface area contributed by atoms with Gasteiger partial charge < -0.3 is 5.32 Å². The van der Waals surface area contributed by atoms with E-state index in [2.05, 4.69) is 19.9 Å². The summed E-state index contributed by atoms with van der Waals surface area (Å²) in [7, 11) is 1.89. The Morgan fingerprint density at radius 1 is 1.32 bits per heavy atom. The Bertz CT molecular complexity index is 591. The molecule has 19 heavy (non-hydrogen) atoms. The van der Waals surface area contributed by atoms with Gasteiger partial charge >= 0.3 is 0 Å². The fourth-order valence-electron chi connectivity index (χ4n) is 2.56. The molecule has 0 unspecified atom stereocenters. The van der Waals surface area contributed by atoms with Gasteiger partial charge in [0.2, 0.25) is 0 Å². The molecule has 2 aromatic rings. The maximum Gasteiger partial charge on any atom is 0.138 e. The van der Waals surface area contributed by atoms with Crippen LogP contribution in [0.1, 0.15) is 29.9 Å². The number of nitrogens with one attached hydrogen (secondary N) is 1. The topological polar surface area (TPSA) is 42.7 Å². The molecule has 2 heterocycles. The summed E-state index contributed by atoms with van der Waals surface area (Å²) in [6, 6.07) is 3.86. The molecule has 1 N–H and O–H groups in total. The summed E-state index contributed by atoms with van der Waals surface area (Å²) in [6.07, 6.45) is 6.52. The quantitative estimate of drug-likeness (QED) is 0.937. The monoisotopic (exact) mass is 276 g/mol. The molecule has 0 aromatic carbocycles. The van der Waals surface area contributed by atoms with Gasteiger partial charge in [-0.1, -0.05) is 11.6 Å². The van der Waals surface area contributed by atoms with E-state index in [0.717, 1.165) is 24.4 Å². The molecule has 0 spiro atoms. The Hall–Kier alpha value is -1.39. The van der Waals surface area contributed by atoms with E-state index in [4.69, 9.17) is 11.6 Å². The highest BCUT2D eigenvalue weighted by Crippen LogP contribution is 2.23. The summed E-state index contributed by atoms with van der Waals surface area (Å²) in [5.41, 5.74) is 3.40. The van der Waals surface area contributed by atoms with Crippen LogP contribution in [0.2, 0.25) is 5.02 Å². The van der Waals surface area contributed by atoms with Crippen LogP contribution in [0.25, 0.3) is 5.82 Å². The molecule has 0 saturated carbocycles. The molecule has 5 heteroatoms. The van der Waals surface area contributed by atoms with Crippen LogP contribution in [0.4, 0.5) is 0 Å². The van der Waals surface area contributed by atoms with Gasteiger partial charge in [-0.15, -0.1) is 0 Å². The first kappa shape index (κ1) is 12.6. The third-order valence-electron chi connectivity index (χ3n) is 3.53. The fraction of sp³-hybridized carbons (Fsp3) is 0.429. The van der Waals surface area contributed by atoms with E-state index in [1.165, 1.54) is 24.2 Å². The largest absolute Gasteiger partial charge is 0.314 e. The average molecular weight is 277 g/mol. The molecule has 0 atom stereocenters. The lowest BCUT2D eigenvalue weighted by molar-refractivity contribution is 0.653. The molecule has 1 aliphatic rings. The van der Waals surface area contributed by atoms with E-state index in [1.54, 1.807) is 0 Å². The van der Waals surface area contributed by atoms with Gasteiger partial charge in [0.15, 0.2) is 0 Å². The second-order valence-corrected chi connectivity index (χ2v) is 5.25. The first-order chi connectivity index (χ1) is 9.29. The predicted molar refractivity (Wildman–Crippen MR) is 75.8 cm³/mol. The van der Waals surface area contributed by atoms with Gasteiger partial charge in [0.25, 0.3) is 0 Å². The SMILES string of the molecule is CNCc1nc(-n2cnc3c2CCCC3)ccc1Cl. The van der Waals surface area contributed by atoms with Gasteiger partial charge in [-0.25, -0.2) is 9.97 Å². The van der Waals surface area contributed by atoms with Crippen molar-refractivity contribution in [2.75, 3.05) is 7.05 Å². The molecule has 2 aromatic heterocycles.